The number of thiazole rings is 1. The van der Waals surface area contributed by atoms with Gasteiger partial charge in [-0.3, -0.25) is 4.90 Å². The van der Waals surface area contributed by atoms with Crippen LogP contribution in [0.25, 0.3) is 10.2 Å². The van der Waals surface area contributed by atoms with Crippen LogP contribution in [0.15, 0.2) is 48.5 Å². The van der Waals surface area contributed by atoms with Crippen LogP contribution in [-0.2, 0) is 0 Å². The molecule has 2 unspecified atom stereocenters. The molecule has 0 saturated carbocycles. The molecule has 0 bridgehead atoms. The predicted octanol–water partition coefficient (Wildman–Crippen LogP) is 4.53. The van der Waals surface area contributed by atoms with E-state index in [0.29, 0.717) is 11.6 Å². The van der Waals surface area contributed by atoms with E-state index in [2.05, 4.69) is 23.1 Å². The normalized spacial score (nSPS) is 19.1. The Morgan fingerprint density at radius 1 is 1.23 bits per heavy atom. The second-order valence-electron chi connectivity index (χ2n) is 6.59. The van der Waals surface area contributed by atoms with Gasteiger partial charge in [-0.25, -0.2) is 4.98 Å². The lowest BCUT2D eigenvalue weighted by molar-refractivity contribution is 0.0638. The number of nitrogens with zero attached hydrogens (tertiary/aromatic N) is 2. The van der Waals surface area contributed by atoms with E-state index in [9.17, 15) is 5.11 Å². The molecule has 0 aliphatic carbocycles. The maximum atomic E-state index is 10.4. The second kappa shape index (κ2) is 7.92. The number of aliphatic hydroxyl groups excluding tert-OH is 1. The Morgan fingerprint density at radius 2 is 2.04 bits per heavy atom. The summed E-state index contributed by atoms with van der Waals surface area (Å²) in [5.74, 6) is 0.720. The van der Waals surface area contributed by atoms with Crippen LogP contribution in [0.5, 0.6) is 5.75 Å². The van der Waals surface area contributed by atoms with Crippen LogP contribution in [-0.4, -0.2) is 40.8 Å². The Bertz CT molecular complexity index is 835. The molecule has 26 heavy (non-hydrogen) atoms. The number of aliphatic hydroxyl groups is 1. The van der Waals surface area contributed by atoms with Gasteiger partial charge in [0.25, 0.3) is 0 Å². The number of ether oxygens (including phenoxy) is 1. The van der Waals surface area contributed by atoms with Crippen LogP contribution in [0.4, 0.5) is 0 Å². The van der Waals surface area contributed by atoms with Gasteiger partial charge in [0.05, 0.1) is 16.3 Å². The summed E-state index contributed by atoms with van der Waals surface area (Å²) in [5.41, 5.74) is 1.06. The molecule has 1 N–H and O–H groups in total. The van der Waals surface area contributed by atoms with E-state index in [0.717, 1.165) is 35.7 Å². The number of hydrogen-bond acceptors (Lipinski definition) is 5. The fourth-order valence-electron chi connectivity index (χ4n) is 3.40. The van der Waals surface area contributed by atoms with Crippen LogP contribution < -0.4 is 4.74 Å². The molecule has 136 valence electrons. The standard InChI is InChI=1S/C20H21ClN2O2S/c21-14-7-9-16(10-8-14)25-13-15(24)12-23-11-3-5-18(23)20-22-17-4-1-2-6-19(17)26-20/h1-2,4,6-10,15,18,24H,3,5,11-13H2. The highest BCUT2D eigenvalue weighted by molar-refractivity contribution is 7.18. The number of benzene rings is 2. The minimum Gasteiger partial charge on any atom is -0.491 e. The zero-order valence-electron chi connectivity index (χ0n) is 14.3. The first kappa shape index (κ1) is 17.7. The number of aromatic nitrogens is 1. The van der Waals surface area contributed by atoms with Crippen molar-refractivity contribution in [2.75, 3.05) is 19.7 Å². The fourth-order valence-corrected chi connectivity index (χ4v) is 4.67. The van der Waals surface area contributed by atoms with E-state index in [1.165, 1.54) is 4.70 Å². The van der Waals surface area contributed by atoms with Gasteiger partial charge in [-0.05, 0) is 55.8 Å². The van der Waals surface area contributed by atoms with Gasteiger partial charge in [-0.15, -0.1) is 11.3 Å². The third kappa shape index (κ3) is 4.01. The molecular weight excluding hydrogens is 368 g/mol. The van der Waals surface area contributed by atoms with Crippen molar-refractivity contribution in [3.8, 4) is 5.75 Å². The van der Waals surface area contributed by atoms with E-state index < -0.39 is 6.10 Å². The molecule has 0 radical (unpaired) electrons. The molecule has 4 nitrogen and oxygen atoms in total. The third-order valence-electron chi connectivity index (χ3n) is 4.66. The van der Waals surface area contributed by atoms with Gasteiger partial charge in [0.2, 0.25) is 0 Å². The molecule has 3 aromatic rings. The Labute approximate surface area is 162 Å². The monoisotopic (exact) mass is 388 g/mol. The molecule has 1 fully saturated rings. The van der Waals surface area contributed by atoms with Crippen molar-refractivity contribution in [3.63, 3.8) is 0 Å². The van der Waals surface area contributed by atoms with Crippen LogP contribution >= 0.6 is 22.9 Å². The van der Waals surface area contributed by atoms with E-state index in [-0.39, 0.29) is 12.6 Å². The number of fused-ring (bicyclic) bond motifs is 1. The zero-order valence-corrected chi connectivity index (χ0v) is 15.9. The van der Waals surface area contributed by atoms with E-state index in [1.807, 2.05) is 18.2 Å². The quantitative estimate of drug-likeness (QED) is 0.674. The number of β-amino-alcohol motifs (C(OH)–C–C–N with tert-alkyl or cyclic N) is 1. The molecule has 6 heteroatoms. The van der Waals surface area contributed by atoms with E-state index >= 15 is 0 Å². The molecule has 0 amide bonds. The second-order valence-corrected chi connectivity index (χ2v) is 8.09. The number of para-hydroxylation sites is 1. The van der Waals surface area contributed by atoms with Gasteiger partial charge in [-0.1, -0.05) is 23.7 Å². The Kier molecular flexibility index (Phi) is 5.41. The maximum absolute atomic E-state index is 10.4. The molecule has 2 aromatic carbocycles. The number of likely N-dealkylation sites (tertiary alicyclic amines) is 1. The molecular formula is C20H21ClN2O2S. The molecule has 2 atom stereocenters. The summed E-state index contributed by atoms with van der Waals surface area (Å²) in [6.45, 7) is 1.84. The number of halogens is 1. The molecule has 1 saturated heterocycles. The minimum atomic E-state index is -0.541. The fraction of sp³-hybridized carbons (Fsp3) is 0.350. The van der Waals surface area contributed by atoms with Crippen molar-refractivity contribution in [2.24, 2.45) is 0 Å². The van der Waals surface area contributed by atoms with Crippen LogP contribution in [0.3, 0.4) is 0 Å². The summed E-state index contributed by atoms with van der Waals surface area (Å²) in [5, 5.41) is 12.2. The lowest BCUT2D eigenvalue weighted by Crippen LogP contribution is -2.35. The van der Waals surface area contributed by atoms with E-state index in [1.54, 1.807) is 23.5 Å². The molecule has 0 spiro atoms. The van der Waals surface area contributed by atoms with Crippen molar-refractivity contribution in [1.29, 1.82) is 0 Å². The highest BCUT2D eigenvalue weighted by Gasteiger charge is 2.30. The summed E-state index contributed by atoms with van der Waals surface area (Å²) < 4.78 is 6.90. The molecule has 1 aliphatic heterocycles. The average molecular weight is 389 g/mol. The van der Waals surface area contributed by atoms with E-state index in [4.69, 9.17) is 21.3 Å². The van der Waals surface area contributed by atoms with Gasteiger partial charge >= 0.3 is 0 Å². The molecule has 1 aliphatic rings. The SMILES string of the molecule is OC(COc1ccc(Cl)cc1)CN1CCCC1c1nc2ccccc2s1. The largest absolute Gasteiger partial charge is 0.491 e. The van der Waals surface area contributed by atoms with Crippen LogP contribution in [0, 0.1) is 0 Å². The Hall–Kier alpha value is -1.66. The number of hydrogen-bond donors (Lipinski definition) is 1. The van der Waals surface area contributed by atoms with Gasteiger partial charge in [0.1, 0.15) is 23.5 Å². The summed E-state index contributed by atoms with van der Waals surface area (Å²) in [6, 6.07) is 15.7. The average Bonchev–Trinajstić information content (AvgIpc) is 3.27. The molecule has 1 aromatic heterocycles. The minimum absolute atomic E-state index is 0.269. The Morgan fingerprint density at radius 3 is 2.85 bits per heavy atom. The maximum Gasteiger partial charge on any atom is 0.119 e. The number of rotatable bonds is 6. The van der Waals surface area contributed by atoms with Gasteiger partial charge in [0, 0.05) is 11.6 Å². The predicted molar refractivity (Wildman–Crippen MR) is 106 cm³/mol. The van der Waals surface area contributed by atoms with Crippen LogP contribution in [0.2, 0.25) is 5.02 Å². The molecule has 4 rings (SSSR count). The van der Waals surface area contributed by atoms with Crippen LogP contribution in [0.1, 0.15) is 23.9 Å². The summed E-state index contributed by atoms with van der Waals surface area (Å²) in [7, 11) is 0. The Balaban J connectivity index is 1.37. The lowest BCUT2D eigenvalue weighted by atomic mass is 10.2. The summed E-state index contributed by atoms with van der Waals surface area (Å²) in [4.78, 5) is 7.13. The summed E-state index contributed by atoms with van der Waals surface area (Å²) in [6.07, 6.45) is 1.68. The van der Waals surface area contributed by atoms with Gasteiger partial charge in [0.15, 0.2) is 0 Å². The zero-order chi connectivity index (χ0) is 17.9. The van der Waals surface area contributed by atoms with Gasteiger partial charge < -0.3 is 9.84 Å². The first-order chi connectivity index (χ1) is 12.7. The van der Waals surface area contributed by atoms with Gasteiger partial charge in [-0.2, -0.15) is 0 Å². The highest BCUT2D eigenvalue weighted by Crippen LogP contribution is 2.36. The first-order valence-electron chi connectivity index (χ1n) is 8.85. The van der Waals surface area contributed by atoms with Crippen molar-refractivity contribution < 1.29 is 9.84 Å². The van der Waals surface area contributed by atoms with Crippen molar-refractivity contribution in [2.45, 2.75) is 25.0 Å². The third-order valence-corrected chi connectivity index (χ3v) is 6.05. The van der Waals surface area contributed by atoms with Crippen molar-refractivity contribution in [1.82, 2.24) is 9.88 Å². The topological polar surface area (TPSA) is 45.6 Å². The highest BCUT2D eigenvalue weighted by atomic mass is 35.5. The lowest BCUT2D eigenvalue weighted by Gasteiger charge is -2.25. The first-order valence-corrected chi connectivity index (χ1v) is 10.0. The van der Waals surface area contributed by atoms with Crippen molar-refractivity contribution in [3.05, 3.63) is 58.6 Å². The summed E-state index contributed by atoms with van der Waals surface area (Å²) >= 11 is 7.63. The molecule has 2 heterocycles. The smallest absolute Gasteiger partial charge is 0.119 e. The van der Waals surface area contributed by atoms with Crippen molar-refractivity contribution >= 4 is 33.2 Å².